The first-order chi connectivity index (χ1) is 14.1. The summed E-state index contributed by atoms with van der Waals surface area (Å²) in [6.07, 6.45) is 0.764. The molecule has 1 unspecified atom stereocenters. The molecule has 0 saturated carbocycles. The zero-order valence-electron chi connectivity index (χ0n) is 17.4. The van der Waals surface area contributed by atoms with Crippen molar-refractivity contribution in [3.05, 3.63) is 69.2 Å². The van der Waals surface area contributed by atoms with Crippen molar-refractivity contribution in [2.45, 2.75) is 38.3 Å². The van der Waals surface area contributed by atoms with Gasteiger partial charge >= 0.3 is 0 Å². The van der Waals surface area contributed by atoms with E-state index in [1.807, 2.05) is 50.2 Å². The van der Waals surface area contributed by atoms with Crippen LogP contribution < -0.4 is 0 Å². The molecule has 0 aliphatic carbocycles. The smallest absolute Gasteiger partial charge is 0.225 e. The van der Waals surface area contributed by atoms with Crippen LogP contribution in [0.3, 0.4) is 0 Å². The summed E-state index contributed by atoms with van der Waals surface area (Å²) in [5.74, 6) is -0.110. The molecule has 0 bridgehead atoms. The number of hydrogen-bond donors (Lipinski definition) is 0. The van der Waals surface area contributed by atoms with Gasteiger partial charge in [0.1, 0.15) is 0 Å². The largest absolute Gasteiger partial charge is 0.335 e. The number of amides is 1. The van der Waals surface area contributed by atoms with E-state index in [0.717, 1.165) is 23.3 Å². The maximum atomic E-state index is 15.2. The molecule has 1 fully saturated rings. The van der Waals surface area contributed by atoms with E-state index < -0.39 is 5.67 Å². The standard InChI is InChI=1S/C24H25Cl2FN2O/c1-15(2)22(30)29-13-24(27,14-29)17-6-4-16(5-7-17)21-11-23(3,12-28-21)18-8-19(25)10-20(26)9-18/h4-10,15H,11-14H2,1-3H3. The Morgan fingerprint density at radius 3 is 2.23 bits per heavy atom. The first-order valence-corrected chi connectivity index (χ1v) is 10.9. The summed E-state index contributed by atoms with van der Waals surface area (Å²) in [5, 5.41) is 1.24. The molecular weight excluding hydrogens is 422 g/mol. The minimum atomic E-state index is -1.47. The molecule has 2 aliphatic rings. The fraction of sp³-hybridized carbons (Fsp3) is 0.417. The lowest BCUT2D eigenvalue weighted by atomic mass is 9.79. The molecule has 0 N–H and O–H groups in total. The molecule has 0 radical (unpaired) electrons. The second-order valence-corrected chi connectivity index (χ2v) is 9.92. The molecule has 6 heteroatoms. The highest BCUT2D eigenvalue weighted by molar-refractivity contribution is 6.34. The van der Waals surface area contributed by atoms with E-state index in [1.165, 1.54) is 0 Å². The summed E-state index contributed by atoms with van der Waals surface area (Å²) in [5.41, 5.74) is 2.04. The molecule has 2 aliphatic heterocycles. The Morgan fingerprint density at radius 2 is 1.67 bits per heavy atom. The van der Waals surface area contributed by atoms with Gasteiger partial charge in [0.15, 0.2) is 5.67 Å². The molecule has 158 valence electrons. The summed E-state index contributed by atoms with van der Waals surface area (Å²) >= 11 is 12.4. The molecular formula is C24H25Cl2FN2O. The fourth-order valence-corrected chi connectivity index (χ4v) is 4.79. The van der Waals surface area contributed by atoms with Gasteiger partial charge in [-0.15, -0.1) is 0 Å². The summed E-state index contributed by atoms with van der Waals surface area (Å²) in [6, 6.07) is 13.1. The van der Waals surface area contributed by atoms with Gasteiger partial charge in [0.05, 0.1) is 13.1 Å². The van der Waals surface area contributed by atoms with Gasteiger partial charge in [0.2, 0.25) is 5.91 Å². The third kappa shape index (κ3) is 3.88. The highest BCUT2D eigenvalue weighted by Gasteiger charge is 2.47. The van der Waals surface area contributed by atoms with Gasteiger partial charge in [-0.2, -0.15) is 0 Å². The van der Waals surface area contributed by atoms with Gasteiger partial charge in [-0.25, -0.2) is 4.39 Å². The minimum absolute atomic E-state index is 0.000565. The Morgan fingerprint density at radius 1 is 1.07 bits per heavy atom. The molecule has 1 amide bonds. The third-order valence-corrected chi connectivity index (χ3v) is 6.60. The number of carbonyl (C=O) groups is 1. The summed E-state index contributed by atoms with van der Waals surface area (Å²) in [4.78, 5) is 18.4. The Kier molecular flexibility index (Phi) is 5.44. The van der Waals surface area contributed by atoms with Crippen molar-refractivity contribution >= 4 is 34.8 Å². The second kappa shape index (κ2) is 7.65. The maximum Gasteiger partial charge on any atom is 0.225 e. The molecule has 0 spiro atoms. The van der Waals surface area contributed by atoms with E-state index >= 15 is 4.39 Å². The van der Waals surface area contributed by atoms with E-state index in [0.29, 0.717) is 22.2 Å². The first-order valence-electron chi connectivity index (χ1n) is 10.2. The Labute approximate surface area is 186 Å². The van der Waals surface area contributed by atoms with Crippen molar-refractivity contribution in [2.75, 3.05) is 19.6 Å². The van der Waals surface area contributed by atoms with Gasteiger partial charge in [-0.05, 0) is 34.9 Å². The van der Waals surface area contributed by atoms with Gasteiger partial charge in [-0.1, -0.05) is 68.2 Å². The van der Waals surface area contributed by atoms with E-state index in [-0.39, 0.29) is 30.3 Å². The molecule has 0 aromatic heterocycles. The summed E-state index contributed by atoms with van der Waals surface area (Å²) in [6.45, 7) is 6.73. The van der Waals surface area contributed by atoms with Crippen molar-refractivity contribution in [2.24, 2.45) is 10.9 Å². The van der Waals surface area contributed by atoms with Crippen molar-refractivity contribution in [3.63, 3.8) is 0 Å². The Balaban J connectivity index is 1.46. The predicted octanol–water partition coefficient (Wildman–Crippen LogP) is 5.81. The van der Waals surface area contributed by atoms with E-state index in [1.54, 1.807) is 11.0 Å². The van der Waals surface area contributed by atoms with Crippen LogP contribution in [0.15, 0.2) is 47.5 Å². The Bertz CT molecular complexity index is 992. The normalized spacial score (nSPS) is 22.8. The lowest BCUT2D eigenvalue weighted by molar-refractivity contribution is -0.149. The number of alkyl halides is 1. The fourth-order valence-electron chi connectivity index (χ4n) is 4.26. The number of rotatable bonds is 4. The summed E-state index contributed by atoms with van der Waals surface area (Å²) in [7, 11) is 0. The highest BCUT2D eigenvalue weighted by Crippen LogP contribution is 2.39. The molecule has 1 saturated heterocycles. The highest BCUT2D eigenvalue weighted by atomic mass is 35.5. The molecule has 4 rings (SSSR count). The van der Waals surface area contributed by atoms with Crippen molar-refractivity contribution in [1.29, 1.82) is 0 Å². The Hall–Kier alpha value is -1.91. The SMILES string of the molecule is CC(C)C(=O)N1CC(F)(c2ccc(C3=NCC(C)(c4cc(Cl)cc(Cl)c4)C3)cc2)C1. The monoisotopic (exact) mass is 446 g/mol. The average molecular weight is 447 g/mol. The van der Waals surface area contributed by atoms with Crippen LogP contribution >= 0.6 is 23.2 Å². The van der Waals surface area contributed by atoms with E-state index in [4.69, 9.17) is 28.2 Å². The molecule has 2 aromatic carbocycles. The predicted molar refractivity (Wildman–Crippen MR) is 120 cm³/mol. The maximum absolute atomic E-state index is 15.2. The topological polar surface area (TPSA) is 32.7 Å². The van der Waals surface area contributed by atoms with Crippen LogP contribution in [0.25, 0.3) is 0 Å². The van der Waals surface area contributed by atoms with Crippen LogP contribution in [0.5, 0.6) is 0 Å². The molecule has 3 nitrogen and oxygen atoms in total. The second-order valence-electron chi connectivity index (χ2n) is 9.05. The zero-order chi connectivity index (χ0) is 21.7. The third-order valence-electron chi connectivity index (χ3n) is 6.16. The number of benzene rings is 2. The van der Waals surface area contributed by atoms with Crippen molar-refractivity contribution in [1.82, 2.24) is 4.90 Å². The van der Waals surface area contributed by atoms with Crippen LogP contribution in [0.2, 0.25) is 10.0 Å². The number of carbonyl (C=O) groups excluding carboxylic acids is 1. The van der Waals surface area contributed by atoms with Crippen LogP contribution in [-0.4, -0.2) is 36.2 Å². The van der Waals surface area contributed by atoms with E-state index in [2.05, 4.69) is 6.92 Å². The van der Waals surface area contributed by atoms with Crippen molar-refractivity contribution < 1.29 is 9.18 Å². The van der Waals surface area contributed by atoms with Gasteiger partial charge in [0, 0.05) is 40.1 Å². The minimum Gasteiger partial charge on any atom is -0.335 e. The van der Waals surface area contributed by atoms with Crippen LogP contribution in [-0.2, 0) is 15.9 Å². The van der Waals surface area contributed by atoms with Crippen molar-refractivity contribution in [3.8, 4) is 0 Å². The number of likely N-dealkylation sites (tertiary alicyclic amines) is 1. The molecule has 2 aromatic rings. The summed E-state index contributed by atoms with van der Waals surface area (Å²) < 4.78 is 15.2. The first kappa shape index (κ1) is 21.3. The molecule has 30 heavy (non-hydrogen) atoms. The molecule has 1 atom stereocenters. The lowest BCUT2D eigenvalue weighted by Crippen LogP contribution is -2.59. The van der Waals surface area contributed by atoms with Crippen LogP contribution in [0.1, 0.15) is 43.9 Å². The number of halogens is 3. The van der Waals surface area contributed by atoms with Gasteiger partial charge in [-0.3, -0.25) is 9.79 Å². The number of hydrogen-bond acceptors (Lipinski definition) is 2. The van der Waals surface area contributed by atoms with Gasteiger partial charge < -0.3 is 4.90 Å². The average Bonchev–Trinajstić information content (AvgIpc) is 3.08. The lowest BCUT2D eigenvalue weighted by Gasteiger charge is -2.45. The van der Waals surface area contributed by atoms with E-state index in [9.17, 15) is 4.79 Å². The van der Waals surface area contributed by atoms with Crippen LogP contribution in [0, 0.1) is 5.92 Å². The molecule has 2 heterocycles. The quantitative estimate of drug-likeness (QED) is 0.583. The van der Waals surface area contributed by atoms with Gasteiger partial charge in [0.25, 0.3) is 0 Å². The van der Waals surface area contributed by atoms with Crippen LogP contribution in [0.4, 0.5) is 4.39 Å². The zero-order valence-corrected chi connectivity index (χ0v) is 18.9. The number of nitrogens with zero attached hydrogens (tertiary/aromatic N) is 2. The number of aliphatic imine (C=N–C) groups is 1.